The molecular weight excluding hydrogens is 310 g/mol. The molecule has 0 unspecified atom stereocenters. The molecule has 2 heterocycles. The smallest absolute Gasteiger partial charge is 0.212 e. The molecule has 3 rings (SSSR count). The fourth-order valence-electron chi connectivity index (χ4n) is 1.67. The maximum Gasteiger partial charge on any atom is 0.212 e. The Kier molecular flexibility index (Phi) is 3.81. The largest absolute Gasteiger partial charge is 0.487 e. The Morgan fingerprint density at radius 1 is 1.33 bits per heavy atom. The van der Waals surface area contributed by atoms with Gasteiger partial charge in [0, 0.05) is 16.6 Å². The molecule has 8 heteroatoms. The van der Waals surface area contributed by atoms with Crippen LogP contribution in [0.3, 0.4) is 0 Å². The molecule has 0 amide bonds. The summed E-state index contributed by atoms with van der Waals surface area (Å²) in [6.45, 7) is 0.164. The summed E-state index contributed by atoms with van der Waals surface area (Å²) in [5.41, 5.74) is 0.779. The summed E-state index contributed by atoms with van der Waals surface area (Å²) in [6.07, 6.45) is 1.66. The van der Waals surface area contributed by atoms with Gasteiger partial charge in [-0.05, 0) is 24.3 Å². The van der Waals surface area contributed by atoms with Gasteiger partial charge < -0.3 is 4.74 Å². The second kappa shape index (κ2) is 5.91. The van der Waals surface area contributed by atoms with Crippen molar-refractivity contribution in [3.63, 3.8) is 0 Å². The van der Waals surface area contributed by atoms with Crippen molar-refractivity contribution in [3.8, 4) is 17.0 Å². The van der Waals surface area contributed by atoms with E-state index in [4.69, 9.17) is 21.6 Å². The van der Waals surface area contributed by atoms with Crippen LogP contribution in [0.2, 0.25) is 5.02 Å². The fraction of sp³-hybridized carbons (Fsp3) is 0.0769. The lowest BCUT2D eigenvalue weighted by Crippen LogP contribution is -2.06. The van der Waals surface area contributed by atoms with Crippen LogP contribution in [0.25, 0.3) is 5.13 Å². The van der Waals surface area contributed by atoms with Crippen LogP contribution >= 0.6 is 22.9 Å². The number of rotatable bonds is 4. The Balaban J connectivity index is 1.86. The van der Waals surface area contributed by atoms with Crippen molar-refractivity contribution in [2.45, 2.75) is 6.61 Å². The highest BCUT2D eigenvalue weighted by atomic mass is 35.5. The van der Waals surface area contributed by atoms with Gasteiger partial charge in [0.05, 0.1) is 0 Å². The highest BCUT2D eigenvalue weighted by Gasteiger charge is 2.16. The van der Waals surface area contributed by atoms with Crippen molar-refractivity contribution in [3.05, 3.63) is 52.3 Å². The predicted molar refractivity (Wildman–Crippen MR) is 77.5 cm³/mol. The van der Waals surface area contributed by atoms with Crippen LogP contribution in [-0.2, 0) is 6.61 Å². The lowest BCUT2D eigenvalue weighted by molar-refractivity contribution is 0.297. The van der Waals surface area contributed by atoms with E-state index >= 15 is 0 Å². The molecule has 0 saturated carbocycles. The SMILES string of the molecule is N#Cc1nnn(-c2nccs2)c1COc1ccc(Cl)cc1. The minimum absolute atomic E-state index is 0.164. The molecule has 0 spiro atoms. The first kappa shape index (κ1) is 13.5. The molecule has 0 N–H and O–H groups in total. The second-order valence-electron chi connectivity index (χ2n) is 3.97. The van der Waals surface area contributed by atoms with Gasteiger partial charge in [-0.25, -0.2) is 4.98 Å². The predicted octanol–water partition coefficient (Wildman–Crippen LogP) is 2.83. The lowest BCUT2D eigenvalue weighted by atomic mass is 10.3. The first-order valence-corrected chi connectivity index (χ1v) is 7.16. The Labute approximate surface area is 129 Å². The van der Waals surface area contributed by atoms with Gasteiger partial charge in [-0.3, -0.25) is 0 Å². The molecule has 0 saturated heterocycles. The third kappa shape index (κ3) is 2.86. The molecule has 2 aromatic heterocycles. The molecule has 0 radical (unpaired) electrons. The van der Waals surface area contributed by atoms with Gasteiger partial charge in [0.2, 0.25) is 5.13 Å². The molecule has 0 aliphatic heterocycles. The van der Waals surface area contributed by atoms with Crippen molar-refractivity contribution in [1.29, 1.82) is 5.26 Å². The molecular formula is C13H8ClN5OS. The minimum Gasteiger partial charge on any atom is -0.487 e. The average molecular weight is 318 g/mol. The van der Waals surface area contributed by atoms with Crippen molar-refractivity contribution < 1.29 is 4.74 Å². The highest BCUT2D eigenvalue weighted by Crippen LogP contribution is 2.19. The number of ether oxygens (including phenoxy) is 1. The quantitative estimate of drug-likeness (QED) is 0.739. The van der Waals surface area contributed by atoms with Gasteiger partial charge in [-0.2, -0.15) is 9.94 Å². The van der Waals surface area contributed by atoms with E-state index in [1.54, 1.807) is 30.5 Å². The third-order valence-corrected chi connectivity index (χ3v) is 3.66. The first-order valence-electron chi connectivity index (χ1n) is 5.91. The number of nitriles is 1. The van der Waals surface area contributed by atoms with Crippen LogP contribution in [0.15, 0.2) is 35.8 Å². The number of hydrogen-bond donors (Lipinski definition) is 0. The summed E-state index contributed by atoms with van der Waals surface area (Å²) in [6, 6.07) is 8.99. The van der Waals surface area contributed by atoms with Crippen molar-refractivity contribution in [2.75, 3.05) is 0 Å². The van der Waals surface area contributed by atoms with E-state index in [-0.39, 0.29) is 12.3 Å². The Morgan fingerprint density at radius 2 is 2.14 bits per heavy atom. The van der Waals surface area contributed by atoms with Crippen LogP contribution in [0.1, 0.15) is 11.4 Å². The molecule has 3 aromatic rings. The van der Waals surface area contributed by atoms with E-state index in [1.165, 1.54) is 16.0 Å². The molecule has 21 heavy (non-hydrogen) atoms. The van der Waals surface area contributed by atoms with Crippen LogP contribution < -0.4 is 4.74 Å². The van der Waals surface area contributed by atoms with E-state index in [0.29, 0.717) is 21.6 Å². The number of hydrogen-bond acceptors (Lipinski definition) is 6. The van der Waals surface area contributed by atoms with E-state index in [9.17, 15) is 0 Å². The second-order valence-corrected chi connectivity index (χ2v) is 5.28. The molecule has 0 atom stereocenters. The maximum absolute atomic E-state index is 9.11. The van der Waals surface area contributed by atoms with E-state index < -0.39 is 0 Å². The summed E-state index contributed by atoms with van der Waals surface area (Å²) < 4.78 is 7.17. The summed E-state index contributed by atoms with van der Waals surface area (Å²) in [7, 11) is 0. The summed E-state index contributed by atoms with van der Waals surface area (Å²) in [5.74, 6) is 0.648. The topological polar surface area (TPSA) is 76.6 Å². The van der Waals surface area contributed by atoms with Crippen LogP contribution in [0, 0.1) is 11.3 Å². The van der Waals surface area contributed by atoms with Crippen LogP contribution in [-0.4, -0.2) is 20.0 Å². The number of aromatic nitrogens is 4. The van der Waals surface area contributed by atoms with Gasteiger partial charge in [0.25, 0.3) is 0 Å². The highest BCUT2D eigenvalue weighted by molar-refractivity contribution is 7.12. The summed E-state index contributed by atoms with van der Waals surface area (Å²) >= 11 is 7.23. The molecule has 1 aromatic carbocycles. The van der Waals surface area contributed by atoms with Gasteiger partial charge in [0.1, 0.15) is 24.1 Å². The molecule has 0 bridgehead atoms. The van der Waals surface area contributed by atoms with Gasteiger partial charge in [-0.1, -0.05) is 16.8 Å². The van der Waals surface area contributed by atoms with Gasteiger partial charge >= 0.3 is 0 Å². The number of halogens is 1. The van der Waals surface area contributed by atoms with Crippen molar-refractivity contribution in [1.82, 2.24) is 20.0 Å². The van der Waals surface area contributed by atoms with Crippen LogP contribution in [0.5, 0.6) is 5.75 Å². The summed E-state index contributed by atoms with van der Waals surface area (Å²) in [4.78, 5) is 4.16. The van der Waals surface area contributed by atoms with Crippen molar-refractivity contribution in [2.24, 2.45) is 0 Å². The zero-order chi connectivity index (χ0) is 14.7. The standard InChI is InChI=1S/C13H8ClN5OS/c14-9-1-3-10(4-2-9)20-8-12-11(7-15)17-18-19(12)13-16-5-6-21-13/h1-6H,8H2. The van der Waals surface area contributed by atoms with E-state index in [1.807, 2.05) is 11.4 Å². The van der Waals surface area contributed by atoms with Crippen molar-refractivity contribution >= 4 is 22.9 Å². The normalized spacial score (nSPS) is 10.3. The Bertz CT molecular complexity index is 776. The fourth-order valence-corrected chi connectivity index (χ4v) is 2.41. The summed E-state index contributed by atoms with van der Waals surface area (Å²) in [5, 5.41) is 20.0. The number of thiazole rings is 1. The van der Waals surface area contributed by atoms with Gasteiger partial charge in [-0.15, -0.1) is 16.4 Å². The van der Waals surface area contributed by atoms with Gasteiger partial charge in [0.15, 0.2) is 5.69 Å². The minimum atomic E-state index is 0.164. The zero-order valence-corrected chi connectivity index (χ0v) is 12.2. The molecule has 6 nitrogen and oxygen atoms in total. The molecule has 104 valence electrons. The first-order chi connectivity index (χ1) is 10.3. The molecule has 0 fully saturated rings. The van der Waals surface area contributed by atoms with Crippen LogP contribution in [0.4, 0.5) is 0 Å². The Hall–Kier alpha value is -2.43. The Morgan fingerprint density at radius 3 is 2.81 bits per heavy atom. The number of benzene rings is 1. The molecule has 0 aliphatic carbocycles. The average Bonchev–Trinajstić information content (AvgIpc) is 3.15. The monoisotopic (exact) mass is 317 g/mol. The zero-order valence-electron chi connectivity index (χ0n) is 10.6. The number of nitrogens with zero attached hydrogens (tertiary/aromatic N) is 5. The van der Waals surface area contributed by atoms with E-state index in [2.05, 4.69) is 15.3 Å². The third-order valence-electron chi connectivity index (χ3n) is 2.66. The maximum atomic E-state index is 9.11. The molecule has 0 aliphatic rings. The van der Waals surface area contributed by atoms with E-state index in [0.717, 1.165) is 0 Å². The lowest BCUT2D eigenvalue weighted by Gasteiger charge is -2.07.